The van der Waals surface area contributed by atoms with Gasteiger partial charge in [0.05, 0.1) is 17.7 Å². The third-order valence-electron chi connectivity index (χ3n) is 2.88. The van der Waals surface area contributed by atoms with Crippen LogP contribution in [0.1, 0.15) is 12.0 Å². The topological polar surface area (TPSA) is 54.4 Å². The van der Waals surface area contributed by atoms with E-state index in [9.17, 15) is 5.11 Å². The van der Waals surface area contributed by atoms with Crippen LogP contribution >= 0.6 is 11.6 Å². The molecule has 0 radical (unpaired) electrons. The standard InChI is InChI=1S/C11H15ClN2O2/c1-16-10-8(9(12)2-4-14-10)6-11(15)3-5-13-7-11/h2,4,13,15H,3,5-7H2,1H3. The van der Waals surface area contributed by atoms with Crippen LogP contribution in [0.5, 0.6) is 5.88 Å². The number of hydrogen-bond donors (Lipinski definition) is 2. The van der Waals surface area contributed by atoms with Gasteiger partial charge < -0.3 is 15.2 Å². The monoisotopic (exact) mass is 242 g/mol. The molecule has 5 heteroatoms. The van der Waals surface area contributed by atoms with Crippen molar-refractivity contribution in [2.24, 2.45) is 0 Å². The molecular formula is C11H15ClN2O2. The molecule has 1 saturated heterocycles. The third-order valence-corrected chi connectivity index (χ3v) is 3.23. The first-order chi connectivity index (χ1) is 7.64. The second-order valence-corrected chi connectivity index (χ2v) is 4.52. The van der Waals surface area contributed by atoms with E-state index in [1.54, 1.807) is 19.4 Å². The smallest absolute Gasteiger partial charge is 0.217 e. The van der Waals surface area contributed by atoms with Gasteiger partial charge in [-0.15, -0.1) is 0 Å². The third kappa shape index (κ3) is 2.29. The van der Waals surface area contributed by atoms with Gasteiger partial charge in [-0.3, -0.25) is 0 Å². The summed E-state index contributed by atoms with van der Waals surface area (Å²) in [5.41, 5.74) is 0.0396. The number of aliphatic hydroxyl groups is 1. The Morgan fingerprint density at radius 2 is 2.50 bits per heavy atom. The number of β-amino-alcohol motifs (C(OH)–C–C–N with tert-alkyl or cyclic N) is 1. The van der Waals surface area contributed by atoms with Crippen molar-refractivity contribution in [2.45, 2.75) is 18.4 Å². The minimum Gasteiger partial charge on any atom is -0.481 e. The van der Waals surface area contributed by atoms with E-state index in [1.165, 1.54) is 0 Å². The molecule has 2 heterocycles. The molecule has 1 aliphatic rings. The van der Waals surface area contributed by atoms with Gasteiger partial charge in [0, 0.05) is 24.7 Å². The molecule has 2 N–H and O–H groups in total. The number of halogens is 1. The average molecular weight is 243 g/mol. The molecule has 1 unspecified atom stereocenters. The van der Waals surface area contributed by atoms with Crippen LogP contribution in [-0.4, -0.2) is 35.9 Å². The maximum atomic E-state index is 10.3. The largest absolute Gasteiger partial charge is 0.481 e. The van der Waals surface area contributed by atoms with E-state index >= 15 is 0 Å². The van der Waals surface area contributed by atoms with E-state index in [-0.39, 0.29) is 0 Å². The van der Waals surface area contributed by atoms with E-state index in [1.807, 2.05) is 0 Å². The second-order valence-electron chi connectivity index (χ2n) is 4.11. The van der Waals surface area contributed by atoms with E-state index in [4.69, 9.17) is 16.3 Å². The summed E-state index contributed by atoms with van der Waals surface area (Å²) < 4.78 is 5.15. The highest BCUT2D eigenvalue weighted by Crippen LogP contribution is 2.30. The Balaban J connectivity index is 2.26. The van der Waals surface area contributed by atoms with E-state index in [2.05, 4.69) is 10.3 Å². The van der Waals surface area contributed by atoms with Crippen LogP contribution in [0.15, 0.2) is 12.3 Å². The number of aromatic nitrogens is 1. The molecule has 1 aromatic heterocycles. The summed E-state index contributed by atoms with van der Waals surface area (Å²) in [6.45, 7) is 1.41. The van der Waals surface area contributed by atoms with Crippen LogP contribution < -0.4 is 10.1 Å². The van der Waals surface area contributed by atoms with Gasteiger partial charge in [0.15, 0.2) is 0 Å². The molecule has 0 aromatic carbocycles. The van der Waals surface area contributed by atoms with Crippen LogP contribution in [0.2, 0.25) is 5.02 Å². The van der Waals surface area contributed by atoms with E-state index in [0.29, 0.717) is 23.9 Å². The zero-order chi connectivity index (χ0) is 11.6. The molecule has 4 nitrogen and oxygen atoms in total. The predicted molar refractivity (Wildman–Crippen MR) is 61.9 cm³/mol. The van der Waals surface area contributed by atoms with Gasteiger partial charge in [0.1, 0.15) is 0 Å². The van der Waals surface area contributed by atoms with Crippen LogP contribution in [0, 0.1) is 0 Å². The number of ether oxygens (including phenoxy) is 1. The Labute approximate surface area is 99.6 Å². The summed E-state index contributed by atoms with van der Waals surface area (Å²) in [5, 5.41) is 14.0. The lowest BCUT2D eigenvalue weighted by molar-refractivity contribution is 0.0611. The van der Waals surface area contributed by atoms with Crippen LogP contribution in [-0.2, 0) is 6.42 Å². The van der Waals surface area contributed by atoms with Crippen LogP contribution in [0.4, 0.5) is 0 Å². The van der Waals surface area contributed by atoms with Gasteiger partial charge in [-0.05, 0) is 19.0 Å². The van der Waals surface area contributed by atoms with Gasteiger partial charge >= 0.3 is 0 Å². The zero-order valence-electron chi connectivity index (χ0n) is 9.16. The summed E-state index contributed by atoms with van der Waals surface area (Å²) in [6.07, 6.45) is 2.79. The fourth-order valence-corrected chi connectivity index (χ4v) is 2.20. The van der Waals surface area contributed by atoms with Crippen molar-refractivity contribution < 1.29 is 9.84 Å². The molecule has 0 saturated carbocycles. The molecular weight excluding hydrogens is 228 g/mol. The molecule has 0 amide bonds. The SMILES string of the molecule is COc1nccc(Cl)c1CC1(O)CCNC1. The molecule has 1 aromatic rings. The maximum absolute atomic E-state index is 10.3. The lowest BCUT2D eigenvalue weighted by atomic mass is 9.94. The summed E-state index contributed by atoms with van der Waals surface area (Å²) in [4.78, 5) is 4.09. The number of methoxy groups -OCH3 is 1. The van der Waals surface area contributed by atoms with Crippen molar-refractivity contribution in [3.8, 4) is 5.88 Å². The van der Waals surface area contributed by atoms with Gasteiger partial charge in [0.25, 0.3) is 0 Å². The lowest BCUT2D eigenvalue weighted by Gasteiger charge is -2.22. The zero-order valence-corrected chi connectivity index (χ0v) is 9.92. The van der Waals surface area contributed by atoms with Crippen molar-refractivity contribution in [1.82, 2.24) is 10.3 Å². The number of pyridine rings is 1. The van der Waals surface area contributed by atoms with Crippen molar-refractivity contribution >= 4 is 11.6 Å². The summed E-state index contributed by atoms with van der Waals surface area (Å²) in [7, 11) is 1.55. The van der Waals surface area contributed by atoms with E-state index < -0.39 is 5.60 Å². The van der Waals surface area contributed by atoms with Gasteiger partial charge in [-0.25, -0.2) is 4.98 Å². The van der Waals surface area contributed by atoms with Crippen molar-refractivity contribution in [1.29, 1.82) is 0 Å². The fourth-order valence-electron chi connectivity index (χ4n) is 2.00. The first kappa shape index (κ1) is 11.6. The molecule has 88 valence electrons. The van der Waals surface area contributed by atoms with Crippen LogP contribution in [0.3, 0.4) is 0 Å². The maximum Gasteiger partial charge on any atom is 0.217 e. The number of rotatable bonds is 3. The lowest BCUT2D eigenvalue weighted by Crippen LogP contribution is -2.34. The Bertz CT molecular complexity index is 378. The number of hydrogen-bond acceptors (Lipinski definition) is 4. The van der Waals surface area contributed by atoms with Gasteiger partial charge in [0.2, 0.25) is 5.88 Å². The number of nitrogens with zero attached hydrogens (tertiary/aromatic N) is 1. The van der Waals surface area contributed by atoms with Crippen molar-refractivity contribution in [3.63, 3.8) is 0 Å². The van der Waals surface area contributed by atoms with Gasteiger partial charge in [-0.2, -0.15) is 0 Å². The average Bonchev–Trinajstić information content (AvgIpc) is 2.68. The minimum absolute atomic E-state index is 0.468. The summed E-state index contributed by atoms with van der Waals surface area (Å²) in [5.74, 6) is 0.493. The summed E-state index contributed by atoms with van der Waals surface area (Å²) in [6, 6.07) is 1.71. The first-order valence-corrected chi connectivity index (χ1v) is 5.63. The normalized spacial score (nSPS) is 24.7. The molecule has 2 rings (SSSR count). The van der Waals surface area contributed by atoms with Crippen LogP contribution in [0.25, 0.3) is 0 Å². The Hall–Kier alpha value is -0.840. The molecule has 0 bridgehead atoms. The Morgan fingerprint density at radius 3 is 3.12 bits per heavy atom. The Morgan fingerprint density at radius 1 is 1.69 bits per heavy atom. The highest BCUT2D eigenvalue weighted by molar-refractivity contribution is 6.31. The number of nitrogens with one attached hydrogen (secondary N) is 1. The molecule has 1 atom stereocenters. The van der Waals surface area contributed by atoms with Crippen molar-refractivity contribution in [3.05, 3.63) is 22.8 Å². The molecule has 0 spiro atoms. The highest BCUT2D eigenvalue weighted by Gasteiger charge is 2.33. The predicted octanol–water partition coefficient (Wildman–Crippen LogP) is 1.01. The minimum atomic E-state index is -0.736. The molecule has 0 aliphatic carbocycles. The van der Waals surface area contributed by atoms with Crippen molar-refractivity contribution in [2.75, 3.05) is 20.2 Å². The fraction of sp³-hybridized carbons (Fsp3) is 0.545. The van der Waals surface area contributed by atoms with E-state index in [0.717, 1.165) is 18.5 Å². The first-order valence-electron chi connectivity index (χ1n) is 5.25. The molecule has 1 fully saturated rings. The second kappa shape index (κ2) is 4.57. The summed E-state index contributed by atoms with van der Waals surface area (Å²) >= 11 is 6.10. The highest BCUT2D eigenvalue weighted by atomic mass is 35.5. The molecule has 16 heavy (non-hydrogen) atoms. The molecule has 1 aliphatic heterocycles. The Kier molecular flexibility index (Phi) is 3.33. The quantitative estimate of drug-likeness (QED) is 0.831. The van der Waals surface area contributed by atoms with Gasteiger partial charge in [-0.1, -0.05) is 11.6 Å².